The van der Waals surface area contributed by atoms with Gasteiger partial charge in [0.2, 0.25) is 5.91 Å². The van der Waals surface area contributed by atoms with Gasteiger partial charge in [0.25, 0.3) is 5.91 Å². The minimum absolute atomic E-state index is 0.204. The second-order valence-electron chi connectivity index (χ2n) is 5.94. The van der Waals surface area contributed by atoms with Crippen molar-refractivity contribution in [1.29, 1.82) is 0 Å². The van der Waals surface area contributed by atoms with E-state index >= 15 is 0 Å². The number of ether oxygens (including phenoxy) is 1. The molecule has 0 saturated carbocycles. The van der Waals surface area contributed by atoms with E-state index in [-0.39, 0.29) is 18.4 Å². The van der Waals surface area contributed by atoms with E-state index in [4.69, 9.17) is 16.3 Å². The summed E-state index contributed by atoms with van der Waals surface area (Å²) in [6.07, 6.45) is 0. The predicted molar refractivity (Wildman–Crippen MR) is 110 cm³/mol. The van der Waals surface area contributed by atoms with Crippen molar-refractivity contribution < 1.29 is 14.3 Å². The van der Waals surface area contributed by atoms with Crippen LogP contribution in [0.5, 0.6) is 5.75 Å². The highest BCUT2D eigenvalue weighted by Crippen LogP contribution is 2.23. The molecule has 5 nitrogen and oxygen atoms in total. The molecule has 2 aromatic rings. The van der Waals surface area contributed by atoms with E-state index in [1.54, 1.807) is 31.2 Å². The van der Waals surface area contributed by atoms with Gasteiger partial charge in [0.1, 0.15) is 11.8 Å². The van der Waals surface area contributed by atoms with Crippen LogP contribution < -0.4 is 10.1 Å². The molecular formula is C20H22BrClN2O3. The van der Waals surface area contributed by atoms with Crippen LogP contribution in [0.4, 0.5) is 0 Å². The lowest BCUT2D eigenvalue weighted by molar-refractivity contribution is -0.142. The largest absolute Gasteiger partial charge is 0.482 e. The summed E-state index contributed by atoms with van der Waals surface area (Å²) in [6, 6.07) is 13.9. The first-order valence-electron chi connectivity index (χ1n) is 8.61. The third-order valence-corrected chi connectivity index (χ3v) is 4.81. The van der Waals surface area contributed by atoms with Crippen LogP contribution in [-0.4, -0.2) is 35.9 Å². The van der Waals surface area contributed by atoms with E-state index < -0.39 is 6.04 Å². The van der Waals surface area contributed by atoms with Gasteiger partial charge in [-0.1, -0.05) is 51.8 Å². The number of nitrogens with zero attached hydrogens (tertiary/aromatic N) is 1. The summed E-state index contributed by atoms with van der Waals surface area (Å²) < 4.78 is 6.51. The highest BCUT2D eigenvalue weighted by Gasteiger charge is 2.26. The Morgan fingerprint density at radius 3 is 2.48 bits per heavy atom. The average molecular weight is 454 g/mol. The summed E-state index contributed by atoms with van der Waals surface area (Å²) in [5.41, 5.74) is 0.917. The molecule has 0 aliphatic heterocycles. The lowest BCUT2D eigenvalue weighted by atomic mass is 10.1. The number of carbonyl (C=O) groups excluding carboxylic acids is 2. The first-order chi connectivity index (χ1) is 12.9. The Balaban J connectivity index is 2.14. The predicted octanol–water partition coefficient (Wildman–Crippen LogP) is 4.03. The lowest BCUT2D eigenvalue weighted by Gasteiger charge is -2.28. The second-order valence-corrected chi connectivity index (χ2v) is 7.26. The molecule has 0 aliphatic carbocycles. The highest BCUT2D eigenvalue weighted by atomic mass is 79.9. The molecule has 144 valence electrons. The van der Waals surface area contributed by atoms with E-state index in [2.05, 4.69) is 21.2 Å². The zero-order valence-electron chi connectivity index (χ0n) is 15.2. The first-order valence-corrected chi connectivity index (χ1v) is 9.78. The molecule has 0 spiro atoms. The minimum atomic E-state index is -0.629. The number of benzene rings is 2. The van der Waals surface area contributed by atoms with Crippen molar-refractivity contribution in [2.24, 2.45) is 0 Å². The second kappa shape index (κ2) is 10.3. The molecule has 2 aromatic carbocycles. The molecule has 0 fully saturated rings. The minimum Gasteiger partial charge on any atom is -0.482 e. The monoisotopic (exact) mass is 452 g/mol. The van der Waals surface area contributed by atoms with E-state index in [9.17, 15) is 9.59 Å². The van der Waals surface area contributed by atoms with Crippen LogP contribution in [0.15, 0.2) is 53.0 Å². The van der Waals surface area contributed by atoms with Crippen LogP contribution in [0.3, 0.4) is 0 Å². The zero-order chi connectivity index (χ0) is 19.8. The molecule has 0 unspecified atom stereocenters. The van der Waals surface area contributed by atoms with Crippen molar-refractivity contribution in [2.45, 2.75) is 26.4 Å². The maximum Gasteiger partial charge on any atom is 0.261 e. The summed E-state index contributed by atoms with van der Waals surface area (Å²) >= 11 is 9.46. The van der Waals surface area contributed by atoms with Crippen molar-refractivity contribution in [2.75, 3.05) is 13.2 Å². The molecule has 0 aliphatic rings. The average Bonchev–Trinajstić information content (AvgIpc) is 2.66. The molecule has 1 N–H and O–H groups in total. The van der Waals surface area contributed by atoms with Gasteiger partial charge in [0, 0.05) is 17.6 Å². The van der Waals surface area contributed by atoms with E-state index in [0.717, 1.165) is 10.0 Å². The Hall–Kier alpha value is -2.05. The quantitative estimate of drug-likeness (QED) is 0.656. The lowest BCUT2D eigenvalue weighted by Crippen LogP contribution is -2.49. The van der Waals surface area contributed by atoms with E-state index in [1.807, 2.05) is 31.2 Å². The number of halogens is 2. The van der Waals surface area contributed by atoms with Gasteiger partial charge in [-0.3, -0.25) is 9.59 Å². The Morgan fingerprint density at radius 2 is 1.85 bits per heavy atom. The van der Waals surface area contributed by atoms with Crippen LogP contribution in [0.1, 0.15) is 19.4 Å². The molecule has 2 rings (SSSR count). The SMILES string of the molecule is CCNC(=O)[C@H](C)N(Cc1ccc(Br)cc1)C(=O)COc1ccccc1Cl. The van der Waals surface area contributed by atoms with Crippen LogP contribution in [0.25, 0.3) is 0 Å². The van der Waals surface area contributed by atoms with Crippen molar-refractivity contribution in [3.05, 3.63) is 63.6 Å². The topological polar surface area (TPSA) is 58.6 Å². The van der Waals surface area contributed by atoms with Crippen molar-refractivity contribution in [1.82, 2.24) is 10.2 Å². The van der Waals surface area contributed by atoms with E-state index in [1.165, 1.54) is 4.90 Å². The third kappa shape index (κ3) is 6.26. The maximum absolute atomic E-state index is 12.8. The number of carbonyl (C=O) groups is 2. The number of amides is 2. The van der Waals surface area contributed by atoms with Gasteiger partial charge in [0.15, 0.2) is 6.61 Å². The Labute approximate surface area is 172 Å². The van der Waals surface area contributed by atoms with Gasteiger partial charge < -0.3 is 15.0 Å². The van der Waals surface area contributed by atoms with Crippen molar-refractivity contribution in [3.63, 3.8) is 0 Å². The van der Waals surface area contributed by atoms with Gasteiger partial charge in [-0.15, -0.1) is 0 Å². The number of para-hydroxylation sites is 1. The van der Waals surface area contributed by atoms with Crippen LogP contribution in [0.2, 0.25) is 5.02 Å². The fourth-order valence-electron chi connectivity index (χ4n) is 2.48. The number of rotatable bonds is 8. The summed E-state index contributed by atoms with van der Waals surface area (Å²) in [6.45, 7) is 4.14. The molecule has 0 bridgehead atoms. The smallest absolute Gasteiger partial charge is 0.261 e. The third-order valence-electron chi connectivity index (χ3n) is 3.97. The zero-order valence-corrected chi connectivity index (χ0v) is 17.6. The summed E-state index contributed by atoms with van der Waals surface area (Å²) in [5.74, 6) is -0.0703. The van der Waals surface area contributed by atoms with Gasteiger partial charge >= 0.3 is 0 Å². The van der Waals surface area contributed by atoms with Crippen LogP contribution in [-0.2, 0) is 16.1 Å². The maximum atomic E-state index is 12.8. The Kier molecular flexibility index (Phi) is 8.13. The molecule has 27 heavy (non-hydrogen) atoms. The number of nitrogens with one attached hydrogen (secondary N) is 1. The summed E-state index contributed by atoms with van der Waals surface area (Å²) in [4.78, 5) is 26.6. The van der Waals surface area contributed by atoms with Crippen LogP contribution in [0, 0.1) is 0 Å². The molecule has 1 atom stereocenters. The summed E-state index contributed by atoms with van der Waals surface area (Å²) in [7, 11) is 0. The van der Waals surface area contributed by atoms with Crippen molar-refractivity contribution >= 4 is 39.3 Å². The molecule has 2 amide bonds. The molecule has 0 heterocycles. The van der Waals surface area contributed by atoms with Crippen LogP contribution >= 0.6 is 27.5 Å². The molecule has 7 heteroatoms. The Morgan fingerprint density at radius 1 is 1.19 bits per heavy atom. The van der Waals surface area contributed by atoms with Gasteiger partial charge in [-0.25, -0.2) is 0 Å². The van der Waals surface area contributed by atoms with Gasteiger partial charge in [-0.2, -0.15) is 0 Å². The fraction of sp³-hybridized carbons (Fsp3) is 0.300. The van der Waals surface area contributed by atoms with E-state index in [0.29, 0.717) is 23.9 Å². The summed E-state index contributed by atoms with van der Waals surface area (Å²) in [5, 5.41) is 3.19. The first kappa shape index (κ1) is 21.3. The number of hydrogen-bond acceptors (Lipinski definition) is 3. The van der Waals surface area contributed by atoms with Gasteiger partial charge in [0.05, 0.1) is 5.02 Å². The van der Waals surface area contributed by atoms with Crippen molar-refractivity contribution in [3.8, 4) is 5.75 Å². The normalized spacial score (nSPS) is 11.6. The highest BCUT2D eigenvalue weighted by molar-refractivity contribution is 9.10. The number of hydrogen-bond donors (Lipinski definition) is 1. The number of likely N-dealkylation sites (N-methyl/N-ethyl adjacent to an activating group) is 1. The Bertz CT molecular complexity index is 783. The standard InChI is InChI=1S/C20H22BrClN2O3/c1-3-23-20(26)14(2)24(12-15-8-10-16(21)11-9-15)19(25)13-27-18-7-5-4-6-17(18)22/h4-11,14H,3,12-13H2,1-2H3,(H,23,26)/t14-/m0/s1. The fourth-order valence-corrected chi connectivity index (χ4v) is 2.93. The van der Waals surface area contributed by atoms with Gasteiger partial charge in [-0.05, 0) is 43.7 Å². The molecular weight excluding hydrogens is 432 g/mol. The molecule has 0 saturated heterocycles. The molecule has 0 aromatic heterocycles. The molecule has 0 radical (unpaired) electrons.